The van der Waals surface area contributed by atoms with E-state index in [-0.39, 0.29) is 5.56 Å². The largest absolute Gasteiger partial charge is 0.444 e. The van der Waals surface area contributed by atoms with Crippen molar-refractivity contribution in [1.29, 1.82) is 0 Å². The van der Waals surface area contributed by atoms with Gasteiger partial charge >= 0.3 is 6.09 Å². The molecule has 2 aromatic rings. The summed E-state index contributed by atoms with van der Waals surface area (Å²) >= 11 is 3.34. The Kier molecular flexibility index (Phi) is 7.84. The Labute approximate surface area is 177 Å². The number of carbonyl (C=O) groups excluding carboxylic acids is 1. The van der Waals surface area contributed by atoms with Gasteiger partial charge in [0.1, 0.15) is 10.2 Å². The Bertz CT molecular complexity index is 871. The molecule has 2 rings (SSSR count). The van der Waals surface area contributed by atoms with Gasteiger partial charge in [0.2, 0.25) is 0 Å². The minimum atomic E-state index is -0.961. The topological polar surface area (TPSA) is 64.1 Å². The molecule has 2 atom stereocenters. The number of allylic oxidation sites excluding steroid dienone is 1. The molecule has 0 aliphatic carbocycles. The van der Waals surface area contributed by atoms with Crippen molar-refractivity contribution in [1.82, 2.24) is 15.3 Å². The normalized spacial score (nSPS) is 13.4. The standard InChI is InChI=1S/C21H24BrF2N3O2/c1-5-6-8-14(13-9-7-10-15(23)16(13)24)17(18-19(22)26-12-11-25-18)27-20(28)29-21(2,3)4/h5,7,9-12,14,17H,1,6,8H2,2-4H3,(H,27,28). The average Bonchev–Trinajstić information content (AvgIpc) is 2.63. The van der Waals surface area contributed by atoms with Crippen molar-refractivity contribution >= 4 is 22.0 Å². The van der Waals surface area contributed by atoms with Crippen LogP contribution in [-0.2, 0) is 4.74 Å². The van der Waals surface area contributed by atoms with Gasteiger partial charge in [-0.05, 0) is 61.2 Å². The molecule has 0 spiro atoms. The number of nitrogens with one attached hydrogen (secondary N) is 1. The first-order valence-corrected chi connectivity index (χ1v) is 9.94. The number of hydrogen-bond acceptors (Lipinski definition) is 4. The summed E-state index contributed by atoms with van der Waals surface area (Å²) in [6.07, 6.45) is 4.86. The first kappa shape index (κ1) is 22.9. The molecule has 8 heteroatoms. The van der Waals surface area contributed by atoms with Crippen molar-refractivity contribution in [3.05, 3.63) is 70.7 Å². The van der Waals surface area contributed by atoms with Crippen LogP contribution in [-0.4, -0.2) is 21.7 Å². The Morgan fingerprint density at radius 2 is 2.00 bits per heavy atom. The zero-order valence-corrected chi connectivity index (χ0v) is 18.2. The van der Waals surface area contributed by atoms with Crippen LogP contribution in [0.1, 0.15) is 56.8 Å². The first-order valence-electron chi connectivity index (χ1n) is 9.14. The molecule has 1 aromatic heterocycles. The lowest BCUT2D eigenvalue weighted by Gasteiger charge is -2.30. The maximum absolute atomic E-state index is 14.7. The highest BCUT2D eigenvalue weighted by molar-refractivity contribution is 9.10. The number of amides is 1. The number of alkyl carbamates (subject to hydrolysis) is 1. The van der Waals surface area contributed by atoms with Crippen molar-refractivity contribution in [3.8, 4) is 0 Å². The molecule has 1 amide bonds. The third-order valence-corrected chi connectivity index (χ3v) is 4.72. The second-order valence-corrected chi connectivity index (χ2v) is 8.22. The number of nitrogens with zero attached hydrogens (tertiary/aromatic N) is 2. The number of halogens is 3. The van der Waals surface area contributed by atoms with Crippen LogP contribution in [0.4, 0.5) is 13.6 Å². The van der Waals surface area contributed by atoms with Gasteiger partial charge in [0.15, 0.2) is 11.6 Å². The number of aromatic nitrogens is 2. The summed E-state index contributed by atoms with van der Waals surface area (Å²) in [5.41, 5.74) is -0.212. The summed E-state index contributed by atoms with van der Waals surface area (Å²) in [6.45, 7) is 8.92. The average molecular weight is 468 g/mol. The second kappa shape index (κ2) is 9.91. The van der Waals surface area contributed by atoms with E-state index in [1.54, 1.807) is 26.8 Å². The molecule has 0 fully saturated rings. The predicted octanol–water partition coefficient (Wildman–Crippen LogP) is 5.83. The summed E-state index contributed by atoms with van der Waals surface area (Å²) in [5.74, 6) is -2.55. The Morgan fingerprint density at radius 3 is 2.62 bits per heavy atom. The monoisotopic (exact) mass is 467 g/mol. The van der Waals surface area contributed by atoms with Crippen LogP contribution >= 0.6 is 15.9 Å². The van der Waals surface area contributed by atoms with Crippen LogP contribution in [0.15, 0.2) is 47.9 Å². The molecule has 0 radical (unpaired) electrons. The fraction of sp³-hybridized carbons (Fsp3) is 0.381. The molecule has 1 N–H and O–H groups in total. The van der Waals surface area contributed by atoms with Gasteiger partial charge in [0.05, 0.1) is 11.7 Å². The Morgan fingerprint density at radius 1 is 1.31 bits per heavy atom. The number of rotatable bonds is 7. The van der Waals surface area contributed by atoms with E-state index in [1.165, 1.54) is 24.5 Å². The van der Waals surface area contributed by atoms with Gasteiger partial charge in [0, 0.05) is 18.3 Å². The van der Waals surface area contributed by atoms with Crippen molar-refractivity contribution in [2.24, 2.45) is 0 Å². The summed E-state index contributed by atoms with van der Waals surface area (Å²) in [5, 5.41) is 2.77. The number of ether oxygens (including phenoxy) is 1. The van der Waals surface area contributed by atoms with Gasteiger partial charge in [-0.25, -0.2) is 18.6 Å². The molecule has 0 aliphatic heterocycles. The second-order valence-electron chi connectivity index (χ2n) is 7.47. The lowest BCUT2D eigenvalue weighted by atomic mass is 9.85. The zero-order chi connectivity index (χ0) is 21.6. The van der Waals surface area contributed by atoms with Crippen LogP contribution in [0.25, 0.3) is 0 Å². The third-order valence-electron chi connectivity index (χ3n) is 4.11. The quantitative estimate of drug-likeness (QED) is 0.519. The fourth-order valence-electron chi connectivity index (χ4n) is 2.94. The lowest BCUT2D eigenvalue weighted by Crippen LogP contribution is -2.38. The van der Waals surface area contributed by atoms with Crippen LogP contribution in [0.2, 0.25) is 0 Å². The summed E-state index contributed by atoms with van der Waals surface area (Å²) in [4.78, 5) is 21.0. The number of hydrogen-bond donors (Lipinski definition) is 1. The molecule has 5 nitrogen and oxygen atoms in total. The summed E-state index contributed by atoms with van der Waals surface area (Å²) < 4.78 is 34.4. The van der Waals surface area contributed by atoms with Gasteiger partial charge in [-0.3, -0.25) is 4.98 Å². The van der Waals surface area contributed by atoms with E-state index >= 15 is 0 Å². The highest BCUT2D eigenvalue weighted by Crippen LogP contribution is 2.38. The van der Waals surface area contributed by atoms with Gasteiger partial charge in [-0.2, -0.15) is 0 Å². The molecule has 156 valence electrons. The molecule has 0 bridgehead atoms. The molecular weight excluding hydrogens is 444 g/mol. The summed E-state index contributed by atoms with van der Waals surface area (Å²) in [7, 11) is 0. The molecule has 29 heavy (non-hydrogen) atoms. The van der Waals surface area contributed by atoms with Crippen molar-refractivity contribution in [2.45, 2.75) is 51.2 Å². The maximum Gasteiger partial charge on any atom is 0.408 e. The minimum Gasteiger partial charge on any atom is -0.444 e. The van der Waals surface area contributed by atoms with Gasteiger partial charge < -0.3 is 10.1 Å². The van der Waals surface area contributed by atoms with E-state index in [4.69, 9.17) is 4.74 Å². The molecule has 1 aromatic carbocycles. The van der Waals surface area contributed by atoms with Crippen LogP contribution in [0.5, 0.6) is 0 Å². The summed E-state index contributed by atoms with van der Waals surface area (Å²) in [6, 6.07) is 3.17. The molecule has 0 saturated carbocycles. The smallest absolute Gasteiger partial charge is 0.408 e. The molecule has 1 heterocycles. The minimum absolute atomic E-state index is 0.130. The molecule has 0 aliphatic rings. The van der Waals surface area contributed by atoms with E-state index in [9.17, 15) is 13.6 Å². The Hall–Kier alpha value is -2.35. The van der Waals surface area contributed by atoms with E-state index in [0.29, 0.717) is 23.1 Å². The first-order chi connectivity index (χ1) is 13.6. The molecule has 2 unspecified atom stereocenters. The van der Waals surface area contributed by atoms with Gasteiger partial charge in [-0.1, -0.05) is 18.2 Å². The number of carbonyl (C=O) groups is 1. The van der Waals surface area contributed by atoms with Crippen molar-refractivity contribution in [2.75, 3.05) is 0 Å². The van der Waals surface area contributed by atoms with Crippen molar-refractivity contribution < 1.29 is 18.3 Å². The van der Waals surface area contributed by atoms with E-state index in [0.717, 1.165) is 6.07 Å². The van der Waals surface area contributed by atoms with Crippen molar-refractivity contribution in [3.63, 3.8) is 0 Å². The Balaban J connectivity index is 2.54. The third kappa shape index (κ3) is 6.32. The highest BCUT2D eigenvalue weighted by Gasteiger charge is 2.33. The molecular formula is C21H24BrF2N3O2. The maximum atomic E-state index is 14.7. The van der Waals surface area contributed by atoms with Crippen LogP contribution < -0.4 is 5.32 Å². The van der Waals surface area contributed by atoms with E-state index < -0.39 is 35.3 Å². The zero-order valence-electron chi connectivity index (χ0n) is 16.6. The van der Waals surface area contributed by atoms with Gasteiger partial charge in [0.25, 0.3) is 0 Å². The SMILES string of the molecule is C=CCCC(c1cccc(F)c1F)C(NC(=O)OC(C)(C)C)c1nccnc1Br. The highest BCUT2D eigenvalue weighted by atomic mass is 79.9. The number of benzene rings is 1. The lowest BCUT2D eigenvalue weighted by molar-refractivity contribution is 0.0492. The fourth-order valence-corrected chi connectivity index (χ4v) is 3.41. The van der Waals surface area contributed by atoms with Crippen LogP contribution in [0, 0.1) is 11.6 Å². The molecule has 0 saturated heterocycles. The van der Waals surface area contributed by atoms with E-state index in [1.807, 2.05) is 0 Å². The van der Waals surface area contributed by atoms with Gasteiger partial charge in [-0.15, -0.1) is 6.58 Å². The predicted molar refractivity (Wildman–Crippen MR) is 110 cm³/mol. The van der Waals surface area contributed by atoms with E-state index in [2.05, 4.69) is 37.8 Å². The van der Waals surface area contributed by atoms with Crippen LogP contribution in [0.3, 0.4) is 0 Å².